The average molecular weight is 413 g/mol. The summed E-state index contributed by atoms with van der Waals surface area (Å²) in [5.74, 6) is 0.404. The highest BCUT2D eigenvalue weighted by Crippen LogP contribution is 2.26. The Morgan fingerprint density at radius 3 is 2.65 bits per heavy atom. The van der Waals surface area contributed by atoms with Gasteiger partial charge in [0.15, 0.2) is 0 Å². The van der Waals surface area contributed by atoms with Gasteiger partial charge in [0.1, 0.15) is 11.4 Å². The van der Waals surface area contributed by atoms with Crippen molar-refractivity contribution in [1.82, 2.24) is 9.97 Å². The molecule has 31 heavy (non-hydrogen) atoms. The first-order valence-electron chi connectivity index (χ1n) is 9.96. The van der Waals surface area contributed by atoms with Crippen molar-refractivity contribution in [2.75, 3.05) is 12.0 Å². The van der Waals surface area contributed by atoms with E-state index in [0.29, 0.717) is 22.5 Å². The molecule has 6 nitrogen and oxygen atoms in total. The lowest BCUT2D eigenvalue weighted by molar-refractivity contribution is 0.0980. The minimum Gasteiger partial charge on any atom is -0.497 e. The highest BCUT2D eigenvalue weighted by molar-refractivity contribution is 6.05. The first kappa shape index (κ1) is 20.3. The summed E-state index contributed by atoms with van der Waals surface area (Å²) in [6, 6.07) is 18.5. The summed E-state index contributed by atoms with van der Waals surface area (Å²) < 4.78 is 5.24. The Hall–Kier alpha value is -3.93. The van der Waals surface area contributed by atoms with Crippen LogP contribution in [0.1, 0.15) is 27.2 Å². The van der Waals surface area contributed by atoms with Gasteiger partial charge in [-0.05, 0) is 66.8 Å². The number of carbonyl (C=O) groups is 1. The predicted molar refractivity (Wildman–Crippen MR) is 122 cm³/mol. The number of benzene rings is 2. The maximum atomic E-state index is 13.4. The van der Waals surface area contributed by atoms with Gasteiger partial charge in [-0.3, -0.25) is 14.6 Å². The van der Waals surface area contributed by atoms with Crippen LogP contribution in [0.15, 0.2) is 71.7 Å². The molecule has 0 atom stereocenters. The Labute approximate surface area is 180 Å². The van der Waals surface area contributed by atoms with Crippen LogP contribution in [-0.4, -0.2) is 23.0 Å². The van der Waals surface area contributed by atoms with Gasteiger partial charge >= 0.3 is 0 Å². The van der Waals surface area contributed by atoms with Crippen LogP contribution < -0.4 is 15.2 Å². The zero-order valence-electron chi connectivity index (χ0n) is 17.7. The zero-order valence-corrected chi connectivity index (χ0v) is 17.7. The number of nitrogens with zero attached hydrogens (tertiary/aromatic N) is 2. The minimum absolute atomic E-state index is 0.122. The van der Waals surface area contributed by atoms with E-state index in [1.54, 1.807) is 42.5 Å². The quantitative estimate of drug-likeness (QED) is 0.526. The van der Waals surface area contributed by atoms with Crippen LogP contribution in [0, 0.1) is 13.8 Å². The molecule has 0 aliphatic heterocycles. The highest BCUT2D eigenvalue weighted by Gasteiger charge is 2.22. The fraction of sp³-hybridized carbons (Fsp3) is 0.160. The van der Waals surface area contributed by atoms with Crippen molar-refractivity contribution in [3.05, 3.63) is 99.6 Å². The molecule has 0 unspecified atom stereocenters. The largest absolute Gasteiger partial charge is 0.497 e. The van der Waals surface area contributed by atoms with E-state index in [4.69, 9.17) is 4.74 Å². The van der Waals surface area contributed by atoms with E-state index < -0.39 is 0 Å². The number of hydrogen-bond donors (Lipinski definition) is 1. The average Bonchev–Trinajstić information content (AvgIpc) is 2.79. The molecule has 0 saturated heterocycles. The third-order valence-electron chi connectivity index (χ3n) is 5.24. The SMILES string of the molecule is COc1ccc2cc(CN(C(=O)c3ccccn3)c3cc(C)ccc3C)c(=O)[nH]c2c1. The van der Waals surface area contributed by atoms with Crippen LogP contribution in [0.25, 0.3) is 10.9 Å². The molecular formula is C25H23N3O3. The number of aromatic nitrogens is 2. The minimum atomic E-state index is -0.261. The number of ether oxygens (including phenoxy) is 1. The predicted octanol–water partition coefficient (Wildman–Crippen LogP) is 4.40. The maximum Gasteiger partial charge on any atom is 0.277 e. The number of aromatic amines is 1. The second-order valence-corrected chi connectivity index (χ2v) is 7.47. The Bertz CT molecular complexity index is 1310. The molecule has 0 radical (unpaired) electrons. The third-order valence-corrected chi connectivity index (χ3v) is 5.24. The topological polar surface area (TPSA) is 75.3 Å². The van der Waals surface area contributed by atoms with Crippen LogP contribution in [0.2, 0.25) is 0 Å². The Morgan fingerprint density at radius 1 is 1.06 bits per heavy atom. The molecule has 156 valence electrons. The number of anilines is 1. The second kappa shape index (κ2) is 8.44. The van der Waals surface area contributed by atoms with Crippen molar-refractivity contribution >= 4 is 22.5 Å². The molecule has 2 heterocycles. The molecule has 0 aliphatic rings. The molecule has 1 amide bonds. The number of H-pyrrole nitrogens is 1. The summed E-state index contributed by atoms with van der Waals surface area (Å²) in [5, 5.41) is 0.863. The fourth-order valence-corrected chi connectivity index (χ4v) is 3.54. The Balaban J connectivity index is 1.81. The number of carbonyl (C=O) groups excluding carboxylic acids is 1. The van der Waals surface area contributed by atoms with Crippen LogP contribution in [0.5, 0.6) is 5.75 Å². The van der Waals surface area contributed by atoms with Crippen LogP contribution >= 0.6 is 0 Å². The van der Waals surface area contributed by atoms with Gasteiger partial charge in [0.25, 0.3) is 11.5 Å². The van der Waals surface area contributed by atoms with Crippen molar-refractivity contribution in [1.29, 1.82) is 0 Å². The summed E-state index contributed by atoms with van der Waals surface area (Å²) >= 11 is 0. The number of fused-ring (bicyclic) bond motifs is 1. The monoisotopic (exact) mass is 413 g/mol. The number of nitrogens with one attached hydrogen (secondary N) is 1. The first-order chi connectivity index (χ1) is 15.0. The lowest BCUT2D eigenvalue weighted by atomic mass is 10.1. The number of hydrogen-bond acceptors (Lipinski definition) is 4. The van der Waals surface area contributed by atoms with Crippen LogP contribution in [-0.2, 0) is 6.54 Å². The standard InChI is InChI=1S/C25H23N3O3/c1-16-7-8-17(2)23(12-16)28(25(30)21-6-4-5-11-26-21)15-19-13-18-9-10-20(31-3)14-22(18)27-24(19)29/h4-14H,15H2,1-3H3,(H,27,29). The van der Waals surface area contributed by atoms with Crippen LogP contribution in [0.3, 0.4) is 0 Å². The van der Waals surface area contributed by atoms with E-state index in [1.807, 2.05) is 50.2 Å². The summed E-state index contributed by atoms with van der Waals surface area (Å²) in [4.78, 5) is 35.0. The van der Waals surface area contributed by atoms with E-state index in [2.05, 4.69) is 9.97 Å². The fourth-order valence-electron chi connectivity index (χ4n) is 3.54. The highest BCUT2D eigenvalue weighted by atomic mass is 16.5. The van der Waals surface area contributed by atoms with Gasteiger partial charge in [0.05, 0.1) is 19.2 Å². The van der Waals surface area contributed by atoms with E-state index >= 15 is 0 Å². The number of methoxy groups -OCH3 is 1. The summed E-state index contributed by atoms with van der Waals surface area (Å²) in [5.41, 5.74) is 3.97. The lowest BCUT2D eigenvalue weighted by Crippen LogP contribution is -2.34. The number of amides is 1. The molecular weight excluding hydrogens is 390 g/mol. The van der Waals surface area contributed by atoms with E-state index in [9.17, 15) is 9.59 Å². The molecule has 0 spiro atoms. The molecule has 4 rings (SSSR count). The molecule has 2 aromatic heterocycles. The smallest absolute Gasteiger partial charge is 0.277 e. The number of aryl methyl sites for hydroxylation is 2. The molecule has 4 aromatic rings. The first-order valence-corrected chi connectivity index (χ1v) is 9.96. The molecule has 0 fully saturated rings. The lowest BCUT2D eigenvalue weighted by Gasteiger charge is -2.25. The molecule has 2 aromatic carbocycles. The molecule has 1 N–H and O–H groups in total. The van der Waals surface area contributed by atoms with Gasteiger partial charge in [-0.25, -0.2) is 0 Å². The number of rotatable bonds is 5. The van der Waals surface area contributed by atoms with Gasteiger partial charge in [-0.15, -0.1) is 0 Å². The summed E-state index contributed by atoms with van der Waals surface area (Å²) in [6.07, 6.45) is 1.59. The van der Waals surface area contributed by atoms with Gasteiger partial charge in [-0.1, -0.05) is 18.2 Å². The summed E-state index contributed by atoms with van der Waals surface area (Å²) in [6.45, 7) is 4.05. The molecule has 0 saturated carbocycles. The van der Waals surface area contributed by atoms with Gasteiger partial charge in [0.2, 0.25) is 0 Å². The van der Waals surface area contributed by atoms with Crippen molar-refractivity contribution in [2.24, 2.45) is 0 Å². The van der Waals surface area contributed by atoms with Gasteiger partial charge < -0.3 is 14.6 Å². The van der Waals surface area contributed by atoms with E-state index in [0.717, 1.165) is 22.2 Å². The van der Waals surface area contributed by atoms with E-state index in [-0.39, 0.29) is 18.0 Å². The molecule has 6 heteroatoms. The van der Waals surface area contributed by atoms with Crippen molar-refractivity contribution < 1.29 is 9.53 Å². The molecule has 0 bridgehead atoms. The Morgan fingerprint density at radius 2 is 1.90 bits per heavy atom. The Kier molecular flexibility index (Phi) is 5.54. The number of pyridine rings is 2. The maximum absolute atomic E-state index is 13.4. The van der Waals surface area contributed by atoms with Gasteiger partial charge in [-0.2, -0.15) is 0 Å². The van der Waals surface area contributed by atoms with Crippen molar-refractivity contribution in [2.45, 2.75) is 20.4 Å². The van der Waals surface area contributed by atoms with E-state index in [1.165, 1.54) is 0 Å². The second-order valence-electron chi connectivity index (χ2n) is 7.47. The zero-order chi connectivity index (χ0) is 22.0. The van der Waals surface area contributed by atoms with Crippen LogP contribution in [0.4, 0.5) is 5.69 Å². The summed E-state index contributed by atoms with van der Waals surface area (Å²) in [7, 11) is 1.58. The van der Waals surface area contributed by atoms with Gasteiger partial charge in [0, 0.05) is 23.5 Å². The molecule has 0 aliphatic carbocycles. The normalized spacial score (nSPS) is 10.8. The van der Waals surface area contributed by atoms with Crippen molar-refractivity contribution in [3.8, 4) is 5.75 Å². The van der Waals surface area contributed by atoms with Crippen molar-refractivity contribution in [3.63, 3.8) is 0 Å². The third kappa shape index (κ3) is 4.19.